The summed E-state index contributed by atoms with van der Waals surface area (Å²) in [5.41, 5.74) is -0.288. The number of alkyl halides is 2. The molecule has 62 valence electrons. The monoisotopic (exact) mass is 211 g/mol. The van der Waals surface area contributed by atoms with Crippen LogP contribution in [0.2, 0.25) is 0 Å². The first kappa shape index (κ1) is 8.02. The van der Waals surface area contributed by atoms with E-state index in [-0.39, 0.29) is 16.8 Å². The summed E-state index contributed by atoms with van der Waals surface area (Å²) >= 11 is 13.5. The lowest BCUT2D eigenvalue weighted by Crippen LogP contribution is -2.60. The molecule has 0 aromatic rings. The van der Waals surface area contributed by atoms with Gasteiger partial charge in [-0.2, -0.15) is 0 Å². The summed E-state index contributed by atoms with van der Waals surface area (Å²) in [6.45, 7) is 0. The largest absolute Gasteiger partial charge is 0.312 e. The molecule has 5 heteroatoms. The molecule has 0 bridgehead atoms. The van der Waals surface area contributed by atoms with Crippen molar-refractivity contribution in [2.24, 2.45) is 0 Å². The summed E-state index contributed by atoms with van der Waals surface area (Å²) in [6.07, 6.45) is 0.636. The number of fused-ring (bicyclic) bond motifs is 1. The van der Waals surface area contributed by atoms with Crippen molar-refractivity contribution in [1.82, 2.24) is 4.90 Å². The van der Waals surface area contributed by atoms with E-state index in [2.05, 4.69) is 0 Å². The van der Waals surface area contributed by atoms with E-state index >= 15 is 0 Å². The Balaban J connectivity index is 2.10. The molecule has 0 radical (unpaired) electrons. The molecule has 0 N–H and O–H groups in total. The van der Waals surface area contributed by atoms with Crippen LogP contribution in [0.1, 0.15) is 6.42 Å². The van der Waals surface area contributed by atoms with E-state index in [1.54, 1.807) is 16.7 Å². The molecule has 2 aliphatic heterocycles. The van der Waals surface area contributed by atoms with Crippen LogP contribution in [0.25, 0.3) is 0 Å². The maximum absolute atomic E-state index is 11.0. The standard InChI is InChI=1S/C6H7Cl2NOS/c7-3-2-11-5-1-4(10)9(5)6(3)8/h3,5-6H,1-2H2/t3?,5-,6?/m0/s1. The average molecular weight is 212 g/mol. The predicted octanol–water partition coefficient (Wildman–Crippen LogP) is 1.46. The Labute approximate surface area is 79.2 Å². The molecule has 0 saturated carbocycles. The Morgan fingerprint density at radius 1 is 1.55 bits per heavy atom. The fourth-order valence-electron chi connectivity index (χ4n) is 1.29. The van der Waals surface area contributed by atoms with Crippen LogP contribution in [0.3, 0.4) is 0 Å². The van der Waals surface area contributed by atoms with E-state index < -0.39 is 0 Å². The quantitative estimate of drug-likeness (QED) is 0.344. The minimum Gasteiger partial charge on any atom is -0.312 e. The highest BCUT2D eigenvalue weighted by atomic mass is 35.5. The van der Waals surface area contributed by atoms with E-state index in [4.69, 9.17) is 23.2 Å². The molecule has 2 heterocycles. The van der Waals surface area contributed by atoms with Crippen molar-refractivity contribution in [1.29, 1.82) is 0 Å². The Bertz CT molecular complexity index is 201. The van der Waals surface area contributed by atoms with Gasteiger partial charge in [-0.1, -0.05) is 11.6 Å². The minimum atomic E-state index is -0.288. The topological polar surface area (TPSA) is 20.3 Å². The number of thioether (sulfide) groups is 1. The third-order valence-corrected chi connectivity index (χ3v) is 4.51. The van der Waals surface area contributed by atoms with Gasteiger partial charge in [-0.25, -0.2) is 0 Å². The molecule has 2 nitrogen and oxygen atoms in total. The molecule has 2 aliphatic rings. The summed E-state index contributed by atoms with van der Waals surface area (Å²) in [5, 5.41) is 0.210. The van der Waals surface area contributed by atoms with Crippen LogP contribution in [-0.2, 0) is 4.79 Å². The van der Waals surface area contributed by atoms with Gasteiger partial charge in [0.2, 0.25) is 5.91 Å². The van der Waals surface area contributed by atoms with Gasteiger partial charge in [0.05, 0.1) is 17.2 Å². The van der Waals surface area contributed by atoms with E-state index in [0.717, 1.165) is 5.75 Å². The number of halogens is 2. The first-order valence-electron chi connectivity index (χ1n) is 3.41. The maximum atomic E-state index is 11.0. The van der Waals surface area contributed by atoms with Gasteiger partial charge in [-0.3, -0.25) is 4.79 Å². The fraction of sp³-hybridized carbons (Fsp3) is 0.833. The van der Waals surface area contributed by atoms with Crippen LogP contribution in [-0.4, -0.2) is 32.8 Å². The predicted molar refractivity (Wildman–Crippen MR) is 47.0 cm³/mol. The highest BCUT2D eigenvalue weighted by molar-refractivity contribution is 8.00. The molecule has 2 saturated heterocycles. The van der Waals surface area contributed by atoms with Crippen molar-refractivity contribution < 1.29 is 4.79 Å². The zero-order chi connectivity index (χ0) is 8.01. The zero-order valence-corrected chi connectivity index (χ0v) is 7.99. The van der Waals surface area contributed by atoms with Gasteiger partial charge in [-0.05, 0) is 0 Å². The van der Waals surface area contributed by atoms with Crippen molar-refractivity contribution in [3.63, 3.8) is 0 Å². The highest BCUT2D eigenvalue weighted by Crippen LogP contribution is 2.40. The van der Waals surface area contributed by atoms with E-state index in [1.807, 2.05) is 0 Å². The third kappa shape index (κ3) is 1.14. The van der Waals surface area contributed by atoms with Crippen LogP contribution >= 0.6 is 35.0 Å². The average Bonchev–Trinajstić information content (AvgIpc) is 1.94. The summed E-state index contributed by atoms with van der Waals surface area (Å²) in [6, 6.07) is 0. The van der Waals surface area contributed by atoms with Crippen LogP contribution in [0, 0.1) is 0 Å². The van der Waals surface area contributed by atoms with Crippen molar-refractivity contribution in [2.45, 2.75) is 22.7 Å². The van der Waals surface area contributed by atoms with E-state index in [1.165, 1.54) is 0 Å². The van der Waals surface area contributed by atoms with Crippen molar-refractivity contribution in [3.8, 4) is 0 Å². The number of hydrogen-bond donors (Lipinski definition) is 0. The van der Waals surface area contributed by atoms with Gasteiger partial charge in [-0.15, -0.1) is 23.4 Å². The summed E-state index contributed by atoms with van der Waals surface area (Å²) < 4.78 is 0. The molecular formula is C6H7Cl2NOS. The lowest BCUT2D eigenvalue weighted by molar-refractivity contribution is -0.142. The number of carbonyl (C=O) groups is 1. The Hall–Kier alpha value is 0.400. The second kappa shape index (κ2) is 2.71. The molecule has 0 aliphatic carbocycles. The smallest absolute Gasteiger partial charge is 0.227 e. The molecule has 3 atom stereocenters. The zero-order valence-electron chi connectivity index (χ0n) is 5.67. The molecule has 1 amide bonds. The minimum absolute atomic E-state index is 0.0952. The van der Waals surface area contributed by atoms with E-state index in [9.17, 15) is 4.79 Å². The normalized spacial score (nSPS) is 43.3. The molecule has 0 aromatic carbocycles. The van der Waals surface area contributed by atoms with Gasteiger partial charge >= 0.3 is 0 Å². The fourth-order valence-corrected chi connectivity index (χ4v) is 3.40. The second-order valence-corrected chi connectivity index (χ2v) is 4.90. The maximum Gasteiger partial charge on any atom is 0.227 e. The number of β-lactam (4-membered cyclic amide) rings is 1. The van der Waals surface area contributed by atoms with Crippen LogP contribution in [0.15, 0.2) is 0 Å². The number of carbonyl (C=O) groups excluding carboxylic acids is 1. The number of nitrogens with zero attached hydrogens (tertiary/aromatic N) is 1. The number of rotatable bonds is 0. The molecule has 0 spiro atoms. The summed E-state index contributed by atoms with van der Waals surface area (Å²) in [4.78, 5) is 12.7. The third-order valence-electron chi connectivity index (χ3n) is 1.96. The lowest BCUT2D eigenvalue weighted by atomic mass is 10.2. The molecule has 2 rings (SSSR count). The van der Waals surface area contributed by atoms with Crippen LogP contribution < -0.4 is 0 Å². The van der Waals surface area contributed by atoms with Crippen molar-refractivity contribution in [3.05, 3.63) is 0 Å². The van der Waals surface area contributed by atoms with Gasteiger partial charge in [0, 0.05) is 5.75 Å². The van der Waals surface area contributed by atoms with Crippen molar-refractivity contribution >= 4 is 40.9 Å². The Morgan fingerprint density at radius 2 is 2.27 bits per heavy atom. The molecular weight excluding hydrogens is 205 g/mol. The van der Waals surface area contributed by atoms with Gasteiger partial charge in [0.25, 0.3) is 0 Å². The number of amides is 1. The lowest BCUT2D eigenvalue weighted by Gasteiger charge is -2.47. The first-order valence-corrected chi connectivity index (χ1v) is 5.33. The van der Waals surface area contributed by atoms with Crippen molar-refractivity contribution in [2.75, 3.05) is 5.75 Å². The Kier molecular flexibility index (Phi) is 1.98. The molecule has 2 unspecified atom stereocenters. The molecule has 0 aromatic heterocycles. The highest BCUT2D eigenvalue weighted by Gasteiger charge is 2.46. The summed E-state index contributed by atoms with van der Waals surface area (Å²) in [7, 11) is 0. The molecule has 11 heavy (non-hydrogen) atoms. The second-order valence-electron chi connectivity index (χ2n) is 2.68. The van der Waals surface area contributed by atoms with Gasteiger partial charge in [0.15, 0.2) is 0 Å². The SMILES string of the molecule is O=C1C[C@@H]2SCC(Cl)C(Cl)N12. The van der Waals surface area contributed by atoms with Gasteiger partial charge in [0.1, 0.15) is 5.50 Å². The molecule has 2 fully saturated rings. The van der Waals surface area contributed by atoms with Crippen LogP contribution in [0.5, 0.6) is 0 Å². The Morgan fingerprint density at radius 3 is 2.82 bits per heavy atom. The summed E-state index contributed by atoms with van der Waals surface area (Å²) in [5.74, 6) is 0.984. The van der Waals surface area contributed by atoms with Gasteiger partial charge < -0.3 is 4.90 Å². The first-order chi connectivity index (χ1) is 5.20. The van der Waals surface area contributed by atoms with Crippen LogP contribution in [0.4, 0.5) is 0 Å². The van der Waals surface area contributed by atoms with E-state index in [0.29, 0.717) is 11.8 Å². The number of hydrogen-bond acceptors (Lipinski definition) is 2.